The summed E-state index contributed by atoms with van der Waals surface area (Å²) in [5.41, 5.74) is 0. The maximum Gasteiger partial charge on any atom is 0.255 e. The molecule has 0 N–H and O–H groups in total. The maximum absolute atomic E-state index is 5.94. The van der Waals surface area contributed by atoms with Crippen LogP contribution in [0.1, 0.15) is 12.8 Å². The van der Waals surface area contributed by atoms with E-state index >= 15 is 0 Å². The van der Waals surface area contributed by atoms with Crippen molar-refractivity contribution in [3.05, 3.63) is 17.5 Å². The van der Waals surface area contributed by atoms with Crippen LogP contribution < -0.4 is 4.90 Å². The van der Waals surface area contributed by atoms with Crippen LogP contribution in [0, 0.1) is 0 Å². The normalized spacial score (nSPS) is 16.5. The maximum atomic E-state index is 5.94. The Labute approximate surface area is 91.7 Å². The highest BCUT2D eigenvalue weighted by Crippen LogP contribution is 2.22. The Morgan fingerprint density at radius 2 is 2.07 bits per heavy atom. The molecule has 0 amide bonds. The third-order valence-electron chi connectivity index (χ3n) is 2.63. The summed E-state index contributed by atoms with van der Waals surface area (Å²) in [6.07, 6.45) is 3.94. The fourth-order valence-corrected chi connectivity index (χ4v) is 2.11. The van der Waals surface area contributed by atoms with E-state index in [1.165, 1.54) is 19.2 Å². The molecule has 1 fully saturated rings. The van der Waals surface area contributed by atoms with E-state index in [2.05, 4.69) is 20.0 Å². The van der Waals surface area contributed by atoms with Crippen LogP contribution in [-0.2, 0) is 0 Å². The van der Waals surface area contributed by atoms with Crippen molar-refractivity contribution in [2.24, 2.45) is 0 Å². The van der Waals surface area contributed by atoms with Gasteiger partial charge in [0.05, 0.1) is 0 Å². The van der Waals surface area contributed by atoms with Crippen LogP contribution in [0.2, 0.25) is 5.15 Å². The van der Waals surface area contributed by atoms with Gasteiger partial charge in [0.25, 0.3) is 5.78 Å². The summed E-state index contributed by atoms with van der Waals surface area (Å²) < 4.78 is 1.73. The average molecular weight is 224 g/mol. The Kier molecular flexibility index (Phi) is 1.98. The van der Waals surface area contributed by atoms with E-state index < -0.39 is 0 Å². The molecule has 15 heavy (non-hydrogen) atoms. The lowest BCUT2D eigenvalue weighted by molar-refractivity contribution is 0.850. The molecule has 2 aromatic heterocycles. The quantitative estimate of drug-likeness (QED) is 0.686. The highest BCUT2D eigenvalue weighted by Gasteiger charge is 2.17. The molecule has 3 rings (SSSR count). The van der Waals surface area contributed by atoms with Crippen LogP contribution in [0.4, 0.5) is 5.82 Å². The molecule has 2 aromatic rings. The van der Waals surface area contributed by atoms with Gasteiger partial charge < -0.3 is 4.90 Å². The number of anilines is 1. The molecule has 5 nitrogen and oxygen atoms in total. The standard InChI is InChI=1S/C9H10ClN5/c10-7-5-8(14-3-1-2-4-14)15-9(13-7)11-6-12-15/h5-6H,1-4H2. The van der Waals surface area contributed by atoms with E-state index in [4.69, 9.17) is 11.6 Å². The molecular formula is C9H10ClN5. The Bertz CT molecular complexity index is 488. The lowest BCUT2D eigenvalue weighted by Crippen LogP contribution is -2.21. The summed E-state index contributed by atoms with van der Waals surface area (Å²) >= 11 is 5.94. The van der Waals surface area contributed by atoms with Crippen molar-refractivity contribution < 1.29 is 0 Å². The number of hydrogen-bond donors (Lipinski definition) is 0. The number of rotatable bonds is 1. The van der Waals surface area contributed by atoms with E-state index in [0.717, 1.165) is 18.9 Å². The zero-order valence-corrected chi connectivity index (χ0v) is 8.85. The third-order valence-corrected chi connectivity index (χ3v) is 2.83. The number of nitrogens with zero attached hydrogens (tertiary/aromatic N) is 5. The minimum absolute atomic E-state index is 0.470. The summed E-state index contributed by atoms with van der Waals surface area (Å²) in [5, 5.41) is 4.62. The van der Waals surface area contributed by atoms with Crippen LogP contribution in [-0.4, -0.2) is 32.7 Å². The fraction of sp³-hybridized carbons (Fsp3) is 0.444. The Balaban J connectivity index is 2.18. The van der Waals surface area contributed by atoms with Gasteiger partial charge in [-0.15, -0.1) is 0 Å². The first kappa shape index (κ1) is 8.91. The van der Waals surface area contributed by atoms with Crippen LogP contribution in [0.25, 0.3) is 5.78 Å². The van der Waals surface area contributed by atoms with Crippen LogP contribution in [0.5, 0.6) is 0 Å². The van der Waals surface area contributed by atoms with Gasteiger partial charge in [0.15, 0.2) is 0 Å². The lowest BCUT2D eigenvalue weighted by Gasteiger charge is -2.17. The molecule has 0 radical (unpaired) electrons. The molecule has 3 heterocycles. The Hall–Kier alpha value is -1.36. The molecule has 1 aliphatic heterocycles. The molecule has 0 aliphatic carbocycles. The number of hydrogen-bond acceptors (Lipinski definition) is 4. The van der Waals surface area contributed by atoms with Gasteiger partial charge >= 0.3 is 0 Å². The summed E-state index contributed by atoms with van der Waals surface area (Å²) in [7, 11) is 0. The van der Waals surface area contributed by atoms with Gasteiger partial charge in [-0.25, -0.2) is 0 Å². The predicted molar refractivity (Wildman–Crippen MR) is 57.2 cm³/mol. The minimum Gasteiger partial charge on any atom is -0.356 e. The van der Waals surface area contributed by atoms with Crippen molar-refractivity contribution in [2.75, 3.05) is 18.0 Å². The summed E-state index contributed by atoms with van der Waals surface area (Å²) in [6, 6.07) is 1.84. The zero-order valence-electron chi connectivity index (χ0n) is 8.10. The molecule has 1 aliphatic rings. The summed E-state index contributed by atoms with van der Waals surface area (Å²) in [5.74, 6) is 1.55. The van der Waals surface area contributed by atoms with E-state index in [-0.39, 0.29) is 0 Å². The number of halogens is 1. The van der Waals surface area contributed by atoms with Gasteiger partial charge in [0.2, 0.25) is 0 Å². The monoisotopic (exact) mass is 223 g/mol. The van der Waals surface area contributed by atoms with E-state index in [0.29, 0.717) is 10.9 Å². The highest BCUT2D eigenvalue weighted by atomic mass is 35.5. The van der Waals surface area contributed by atoms with Crippen molar-refractivity contribution in [1.29, 1.82) is 0 Å². The van der Waals surface area contributed by atoms with Gasteiger partial charge in [-0.2, -0.15) is 19.6 Å². The van der Waals surface area contributed by atoms with Gasteiger partial charge in [-0.05, 0) is 12.8 Å². The van der Waals surface area contributed by atoms with Gasteiger partial charge in [0, 0.05) is 19.2 Å². The van der Waals surface area contributed by atoms with E-state index in [9.17, 15) is 0 Å². The van der Waals surface area contributed by atoms with Crippen molar-refractivity contribution in [3.8, 4) is 0 Å². The molecule has 0 spiro atoms. The van der Waals surface area contributed by atoms with Crippen molar-refractivity contribution in [2.45, 2.75) is 12.8 Å². The lowest BCUT2D eigenvalue weighted by atomic mass is 10.4. The van der Waals surface area contributed by atoms with Gasteiger partial charge in [-0.3, -0.25) is 0 Å². The Morgan fingerprint density at radius 3 is 2.87 bits per heavy atom. The first-order valence-corrected chi connectivity index (χ1v) is 5.33. The summed E-state index contributed by atoms with van der Waals surface area (Å²) in [4.78, 5) is 10.4. The number of fused-ring (bicyclic) bond motifs is 1. The zero-order chi connectivity index (χ0) is 10.3. The van der Waals surface area contributed by atoms with Crippen molar-refractivity contribution >= 4 is 23.2 Å². The van der Waals surface area contributed by atoms with Gasteiger partial charge in [0.1, 0.15) is 17.3 Å². The minimum atomic E-state index is 0.470. The second-order valence-electron chi connectivity index (χ2n) is 3.60. The molecule has 0 unspecified atom stereocenters. The van der Waals surface area contributed by atoms with E-state index in [1.54, 1.807) is 4.52 Å². The average Bonchev–Trinajstić information content (AvgIpc) is 2.86. The molecule has 0 bridgehead atoms. The van der Waals surface area contributed by atoms with Gasteiger partial charge in [-0.1, -0.05) is 11.6 Å². The molecular weight excluding hydrogens is 214 g/mol. The van der Waals surface area contributed by atoms with Crippen LogP contribution >= 0.6 is 11.6 Å². The highest BCUT2D eigenvalue weighted by molar-refractivity contribution is 6.29. The molecule has 78 valence electrons. The summed E-state index contributed by atoms with van der Waals surface area (Å²) in [6.45, 7) is 2.10. The van der Waals surface area contributed by atoms with Crippen molar-refractivity contribution in [1.82, 2.24) is 19.6 Å². The molecule has 0 aromatic carbocycles. The molecule has 0 atom stereocenters. The Morgan fingerprint density at radius 1 is 1.27 bits per heavy atom. The smallest absolute Gasteiger partial charge is 0.255 e. The topological polar surface area (TPSA) is 46.3 Å². The molecule has 0 saturated carbocycles. The first-order chi connectivity index (χ1) is 7.34. The van der Waals surface area contributed by atoms with Crippen molar-refractivity contribution in [3.63, 3.8) is 0 Å². The second-order valence-corrected chi connectivity index (χ2v) is 3.99. The first-order valence-electron chi connectivity index (χ1n) is 4.96. The third kappa shape index (κ3) is 1.43. The van der Waals surface area contributed by atoms with Crippen LogP contribution in [0.3, 0.4) is 0 Å². The SMILES string of the molecule is Clc1cc(N2CCCC2)n2ncnc2n1. The molecule has 6 heteroatoms. The largest absolute Gasteiger partial charge is 0.356 e. The van der Waals surface area contributed by atoms with Crippen LogP contribution in [0.15, 0.2) is 12.4 Å². The number of aromatic nitrogens is 4. The van der Waals surface area contributed by atoms with E-state index in [1.807, 2.05) is 6.07 Å². The molecule has 1 saturated heterocycles. The second kappa shape index (κ2) is 3.34. The predicted octanol–water partition coefficient (Wildman–Crippen LogP) is 1.38. The fourth-order valence-electron chi connectivity index (χ4n) is 1.94.